The van der Waals surface area contributed by atoms with E-state index in [0.29, 0.717) is 0 Å². The molecule has 1 aliphatic rings. The van der Waals surface area contributed by atoms with Gasteiger partial charge in [0.25, 0.3) is 0 Å². The number of aliphatic carboxylic acids is 1. The third kappa shape index (κ3) is 3.54. The summed E-state index contributed by atoms with van der Waals surface area (Å²) in [6, 6.07) is 0. The Balaban J connectivity index is 2.72. The standard InChI is InChI=1S/C11H17F2NO4/c1-11(2,3)18-10(17)14-4-6(8(12)13)7(5-14)9(15)16/h6-8H,4-5H2,1-3H3,(H,15,16)/t6-,7+/m0/s1. The first-order chi connectivity index (χ1) is 8.11. The number of rotatable bonds is 2. The molecule has 2 atom stereocenters. The Bertz CT molecular complexity index is 340. The molecular weight excluding hydrogens is 248 g/mol. The predicted molar refractivity (Wildman–Crippen MR) is 58.4 cm³/mol. The number of carboxylic acids is 1. The van der Waals surface area contributed by atoms with E-state index in [1.165, 1.54) is 0 Å². The van der Waals surface area contributed by atoms with Gasteiger partial charge >= 0.3 is 12.1 Å². The van der Waals surface area contributed by atoms with E-state index in [4.69, 9.17) is 9.84 Å². The predicted octanol–water partition coefficient (Wildman–Crippen LogP) is 1.82. The molecule has 1 amide bonds. The van der Waals surface area contributed by atoms with Crippen LogP contribution in [0.1, 0.15) is 20.8 Å². The maximum atomic E-state index is 12.7. The molecule has 1 rings (SSSR count). The van der Waals surface area contributed by atoms with Crippen LogP contribution in [0.3, 0.4) is 0 Å². The second-order valence-corrected chi connectivity index (χ2v) is 5.33. The summed E-state index contributed by atoms with van der Waals surface area (Å²) in [6.07, 6.45) is -3.52. The highest BCUT2D eigenvalue weighted by molar-refractivity contribution is 5.74. The van der Waals surface area contributed by atoms with Crippen LogP contribution in [0.5, 0.6) is 0 Å². The summed E-state index contributed by atoms with van der Waals surface area (Å²) in [6.45, 7) is 4.43. The van der Waals surface area contributed by atoms with Crippen molar-refractivity contribution in [3.05, 3.63) is 0 Å². The molecule has 0 spiro atoms. The molecule has 0 aromatic rings. The third-order valence-corrected chi connectivity index (χ3v) is 2.66. The summed E-state index contributed by atoms with van der Waals surface area (Å²) in [5, 5.41) is 8.85. The van der Waals surface area contributed by atoms with Gasteiger partial charge in [-0.25, -0.2) is 13.6 Å². The molecule has 0 bridgehead atoms. The van der Waals surface area contributed by atoms with Crippen molar-refractivity contribution in [1.82, 2.24) is 4.90 Å². The Morgan fingerprint density at radius 1 is 1.33 bits per heavy atom. The molecule has 0 aromatic heterocycles. The number of halogens is 2. The minimum atomic E-state index is -2.77. The van der Waals surface area contributed by atoms with Crippen LogP contribution in [0.15, 0.2) is 0 Å². The van der Waals surface area contributed by atoms with Gasteiger partial charge in [0.05, 0.1) is 11.8 Å². The molecule has 0 unspecified atom stereocenters. The molecule has 0 saturated carbocycles. The van der Waals surface area contributed by atoms with E-state index in [2.05, 4.69) is 0 Å². The maximum Gasteiger partial charge on any atom is 0.410 e. The first-order valence-electron chi connectivity index (χ1n) is 5.60. The minimum absolute atomic E-state index is 0.237. The van der Waals surface area contributed by atoms with Gasteiger partial charge in [-0.15, -0.1) is 0 Å². The number of carbonyl (C=O) groups is 2. The first kappa shape index (κ1) is 14.7. The van der Waals surface area contributed by atoms with Crippen molar-refractivity contribution in [3.63, 3.8) is 0 Å². The molecule has 1 saturated heterocycles. The average Bonchev–Trinajstić information content (AvgIpc) is 2.58. The molecule has 104 valence electrons. The highest BCUT2D eigenvalue weighted by Gasteiger charge is 2.45. The van der Waals surface area contributed by atoms with Crippen LogP contribution >= 0.6 is 0 Å². The van der Waals surface area contributed by atoms with Crippen LogP contribution in [-0.2, 0) is 9.53 Å². The second kappa shape index (κ2) is 5.07. The molecule has 7 heteroatoms. The molecule has 5 nitrogen and oxygen atoms in total. The van der Waals surface area contributed by atoms with E-state index >= 15 is 0 Å². The summed E-state index contributed by atoms with van der Waals surface area (Å²) < 4.78 is 30.4. The van der Waals surface area contributed by atoms with Gasteiger partial charge in [0, 0.05) is 13.1 Å². The highest BCUT2D eigenvalue weighted by atomic mass is 19.3. The number of ether oxygens (including phenoxy) is 1. The van der Waals surface area contributed by atoms with Gasteiger partial charge < -0.3 is 14.7 Å². The van der Waals surface area contributed by atoms with Crippen LogP contribution in [0.4, 0.5) is 13.6 Å². The largest absolute Gasteiger partial charge is 0.481 e. The van der Waals surface area contributed by atoms with Gasteiger partial charge in [0.1, 0.15) is 5.60 Å². The Kier molecular flexibility index (Phi) is 4.13. The topological polar surface area (TPSA) is 66.8 Å². The molecule has 18 heavy (non-hydrogen) atoms. The lowest BCUT2D eigenvalue weighted by Crippen LogP contribution is -2.36. The van der Waals surface area contributed by atoms with Gasteiger partial charge in [-0.3, -0.25) is 4.79 Å². The average molecular weight is 265 g/mol. The van der Waals surface area contributed by atoms with E-state index in [9.17, 15) is 18.4 Å². The van der Waals surface area contributed by atoms with Crippen molar-refractivity contribution < 1.29 is 28.2 Å². The maximum absolute atomic E-state index is 12.7. The SMILES string of the molecule is CC(C)(C)OC(=O)N1C[C@H](C(F)F)[C@H](C(=O)O)C1. The van der Waals surface area contributed by atoms with Crippen LogP contribution in [0.25, 0.3) is 0 Å². The molecule has 0 aromatic carbocycles. The van der Waals surface area contributed by atoms with Crippen molar-refractivity contribution >= 4 is 12.1 Å². The quantitative estimate of drug-likeness (QED) is 0.827. The summed E-state index contributed by atoms with van der Waals surface area (Å²) in [5.74, 6) is -3.89. The highest BCUT2D eigenvalue weighted by Crippen LogP contribution is 2.30. The fourth-order valence-electron chi connectivity index (χ4n) is 1.82. The third-order valence-electron chi connectivity index (χ3n) is 2.66. The number of carbonyl (C=O) groups excluding carboxylic acids is 1. The minimum Gasteiger partial charge on any atom is -0.481 e. The molecular formula is C11H17F2NO4. The van der Waals surface area contributed by atoms with Crippen molar-refractivity contribution in [2.24, 2.45) is 11.8 Å². The van der Waals surface area contributed by atoms with Gasteiger partial charge in [-0.05, 0) is 20.8 Å². The number of likely N-dealkylation sites (tertiary alicyclic amines) is 1. The fourth-order valence-corrected chi connectivity index (χ4v) is 1.82. The molecule has 1 heterocycles. The Hall–Kier alpha value is -1.40. The second-order valence-electron chi connectivity index (χ2n) is 5.33. The van der Waals surface area contributed by atoms with Crippen molar-refractivity contribution in [1.29, 1.82) is 0 Å². The molecule has 0 aliphatic carbocycles. The van der Waals surface area contributed by atoms with E-state index in [-0.39, 0.29) is 13.1 Å². The van der Waals surface area contributed by atoms with Crippen LogP contribution in [0, 0.1) is 11.8 Å². The summed E-state index contributed by atoms with van der Waals surface area (Å²) >= 11 is 0. The Morgan fingerprint density at radius 3 is 2.22 bits per heavy atom. The van der Waals surface area contributed by atoms with Crippen molar-refractivity contribution in [2.45, 2.75) is 32.8 Å². The molecule has 0 radical (unpaired) electrons. The molecule has 1 fully saturated rings. The van der Waals surface area contributed by atoms with Crippen molar-refractivity contribution in [3.8, 4) is 0 Å². The zero-order chi connectivity index (χ0) is 14.1. The van der Waals surface area contributed by atoms with E-state index in [1.54, 1.807) is 20.8 Å². The summed E-state index contributed by atoms with van der Waals surface area (Å²) in [5.41, 5.74) is -0.737. The summed E-state index contributed by atoms with van der Waals surface area (Å²) in [4.78, 5) is 23.5. The van der Waals surface area contributed by atoms with Crippen LogP contribution in [-0.4, -0.2) is 47.2 Å². The van der Waals surface area contributed by atoms with Gasteiger partial charge in [-0.2, -0.15) is 0 Å². The van der Waals surface area contributed by atoms with E-state index < -0.39 is 35.9 Å². The van der Waals surface area contributed by atoms with Gasteiger partial charge in [0.15, 0.2) is 0 Å². The number of carboxylic acid groups (broad SMARTS) is 1. The van der Waals surface area contributed by atoms with E-state index in [0.717, 1.165) is 4.90 Å². The lowest BCUT2D eigenvalue weighted by atomic mass is 9.97. The summed E-state index contributed by atoms with van der Waals surface area (Å²) in [7, 11) is 0. The zero-order valence-corrected chi connectivity index (χ0v) is 10.5. The zero-order valence-electron chi connectivity index (χ0n) is 10.5. The normalized spacial score (nSPS) is 24.4. The monoisotopic (exact) mass is 265 g/mol. The fraction of sp³-hybridized carbons (Fsp3) is 0.818. The first-order valence-corrected chi connectivity index (χ1v) is 5.60. The smallest absolute Gasteiger partial charge is 0.410 e. The van der Waals surface area contributed by atoms with Crippen LogP contribution < -0.4 is 0 Å². The molecule has 1 aliphatic heterocycles. The van der Waals surface area contributed by atoms with Gasteiger partial charge in [-0.1, -0.05) is 0 Å². The Morgan fingerprint density at radius 2 is 1.89 bits per heavy atom. The lowest BCUT2D eigenvalue weighted by molar-refractivity contribution is -0.144. The number of hydrogen-bond acceptors (Lipinski definition) is 3. The molecule has 1 N–H and O–H groups in total. The lowest BCUT2D eigenvalue weighted by Gasteiger charge is -2.24. The van der Waals surface area contributed by atoms with Crippen molar-refractivity contribution in [2.75, 3.05) is 13.1 Å². The Labute approximate surface area is 104 Å². The number of alkyl halides is 2. The number of hydrogen-bond donors (Lipinski definition) is 1. The number of amides is 1. The van der Waals surface area contributed by atoms with E-state index in [1.807, 2.05) is 0 Å². The van der Waals surface area contributed by atoms with Crippen LogP contribution in [0.2, 0.25) is 0 Å². The van der Waals surface area contributed by atoms with Gasteiger partial charge in [0.2, 0.25) is 6.43 Å². The number of nitrogens with zero attached hydrogens (tertiary/aromatic N) is 1.